The van der Waals surface area contributed by atoms with Gasteiger partial charge in [-0.1, -0.05) is 32.4 Å². The van der Waals surface area contributed by atoms with Gasteiger partial charge in [0.25, 0.3) is 5.69 Å². The zero-order valence-electron chi connectivity index (χ0n) is 12.6. The first-order valence-electron chi connectivity index (χ1n) is 7.30. The quantitative estimate of drug-likeness (QED) is 0.668. The fraction of sp³-hybridized carbons (Fsp3) is 0.533. The van der Waals surface area contributed by atoms with Gasteiger partial charge in [0.15, 0.2) is 0 Å². The van der Waals surface area contributed by atoms with E-state index in [2.05, 4.69) is 12.2 Å². The predicted molar refractivity (Wildman–Crippen MR) is 79.6 cm³/mol. The molecular formula is C15H21N3O3. The van der Waals surface area contributed by atoms with Crippen LogP contribution in [0, 0.1) is 16.0 Å². The maximum absolute atomic E-state index is 12.5. The number of amides is 1. The summed E-state index contributed by atoms with van der Waals surface area (Å²) in [6.07, 6.45) is 0.615. The van der Waals surface area contributed by atoms with Gasteiger partial charge in [0.05, 0.1) is 11.0 Å². The molecular weight excluding hydrogens is 270 g/mol. The first-order chi connectivity index (χ1) is 9.99. The van der Waals surface area contributed by atoms with E-state index in [1.165, 1.54) is 12.1 Å². The third-order valence-electron chi connectivity index (χ3n) is 4.15. The lowest BCUT2D eigenvalue weighted by atomic mass is 9.99. The molecule has 21 heavy (non-hydrogen) atoms. The lowest BCUT2D eigenvalue weighted by Gasteiger charge is -2.22. The predicted octanol–water partition coefficient (Wildman–Crippen LogP) is 2.46. The first kappa shape index (κ1) is 15.4. The van der Waals surface area contributed by atoms with Gasteiger partial charge in [-0.05, 0) is 18.4 Å². The average molecular weight is 291 g/mol. The van der Waals surface area contributed by atoms with E-state index >= 15 is 0 Å². The number of nitro benzene ring substituents is 1. The van der Waals surface area contributed by atoms with E-state index in [0.717, 1.165) is 12.0 Å². The van der Waals surface area contributed by atoms with Gasteiger partial charge < -0.3 is 4.90 Å². The highest BCUT2D eigenvalue weighted by Gasteiger charge is 2.41. The summed E-state index contributed by atoms with van der Waals surface area (Å²) in [5.74, 6) is 0.304. The second-order valence-corrected chi connectivity index (χ2v) is 5.41. The molecule has 0 radical (unpaired) electrons. The van der Waals surface area contributed by atoms with E-state index in [0.29, 0.717) is 6.54 Å². The normalized spacial score (nSPS) is 23.4. The molecule has 6 heteroatoms. The highest BCUT2D eigenvalue weighted by molar-refractivity contribution is 5.84. The summed E-state index contributed by atoms with van der Waals surface area (Å²) in [6, 6.07) is 6.25. The summed E-state index contributed by atoms with van der Waals surface area (Å²) in [7, 11) is 0. The maximum atomic E-state index is 12.5. The Labute approximate surface area is 124 Å². The summed E-state index contributed by atoms with van der Waals surface area (Å²) in [5, 5.41) is 14.2. The maximum Gasteiger partial charge on any atom is 0.269 e. The van der Waals surface area contributed by atoms with Crippen LogP contribution in [0.5, 0.6) is 0 Å². The van der Waals surface area contributed by atoms with E-state index in [4.69, 9.17) is 0 Å². The van der Waals surface area contributed by atoms with Crippen molar-refractivity contribution in [3.8, 4) is 0 Å². The first-order valence-corrected chi connectivity index (χ1v) is 7.30. The van der Waals surface area contributed by atoms with Crippen molar-refractivity contribution in [2.75, 3.05) is 6.54 Å². The molecule has 0 saturated carbocycles. The summed E-state index contributed by atoms with van der Waals surface area (Å²) < 4.78 is 0. The number of carbonyl (C=O) groups excluding carboxylic acids is 1. The molecule has 0 spiro atoms. The number of non-ortho nitro benzene ring substituents is 1. The average Bonchev–Trinajstić information content (AvgIpc) is 2.83. The number of nitrogens with zero attached hydrogens (tertiary/aromatic N) is 2. The number of benzene rings is 1. The molecule has 1 amide bonds. The van der Waals surface area contributed by atoms with Crippen LogP contribution in [0.3, 0.4) is 0 Å². The molecule has 6 nitrogen and oxygen atoms in total. The van der Waals surface area contributed by atoms with E-state index in [1.54, 1.807) is 11.0 Å². The molecule has 0 aliphatic carbocycles. The van der Waals surface area contributed by atoms with Crippen molar-refractivity contribution in [3.63, 3.8) is 0 Å². The second-order valence-electron chi connectivity index (χ2n) is 5.41. The van der Waals surface area contributed by atoms with Crippen LogP contribution < -0.4 is 5.32 Å². The molecule has 114 valence electrons. The van der Waals surface area contributed by atoms with Gasteiger partial charge in [0, 0.05) is 18.7 Å². The minimum atomic E-state index is -0.414. The fourth-order valence-corrected chi connectivity index (χ4v) is 2.70. The topological polar surface area (TPSA) is 75.5 Å². The van der Waals surface area contributed by atoms with Crippen LogP contribution in [-0.4, -0.2) is 28.3 Å². The van der Waals surface area contributed by atoms with Crippen LogP contribution in [0.2, 0.25) is 0 Å². The van der Waals surface area contributed by atoms with Crippen LogP contribution in [0.15, 0.2) is 24.3 Å². The number of likely N-dealkylation sites (N-methyl/N-ethyl adjacent to an activating group) is 1. The van der Waals surface area contributed by atoms with Gasteiger partial charge >= 0.3 is 0 Å². The summed E-state index contributed by atoms with van der Waals surface area (Å²) in [5.41, 5.74) is 0.801. The number of rotatable bonds is 5. The number of hydrogen-bond acceptors (Lipinski definition) is 4. The molecule has 1 saturated heterocycles. The van der Waals surface area contributed by atoms with Gasteiger partial charge in [-0.15, -0.1) is 0 Å². The zero-order chi connectivity index (χ0) is 15.6. The van der Waals surface area contributed by atoms with Crippen molar-refractivity contribution in [2.45, 2.75) is 39.4 Å². The fourth-order valence-electron chi connectivity index (χ4n) is 2.70. The Hall–Kier alpha value is -1.95. The van der Waals surface area contributed by atoms with E-state index in [1.807, 2.05) is 19.9 Å². The third kappa shape index (κ3) is 2.90. The third-order valence-corrected chi connectivity index (χ3v) is 4.15. The summed E-state index contributed by atoms with van der Waals surface area (Å²) >= 11 is 0. The highest BCUT2D eigenvalue weighted by atomic mass is 16.6. The van der Waals surface area contributed by atoms with Crippen LogP contribution in [0.1, 0.15) is 38.9 Å². The SMILES string of the molecule is CCC(C)C1NC(c2cccc([N+](=O)[O-])c2)N(CC)C1=O. The monoisotopic (exact) mass is 291 g/mol. The van der Waals surface area contributed by atoms with E-state index < -0.39 is 4.92 Å². The van der Waals surface area contributed by atoms with E-state index in [9.17, 15) is 14.9 Å². The smallest absolute Gasteiger partial charge is 0.269 e. The lowest BCUT2D eigenvalue weighted by molar-refractivity contribution is -0.385. The van der Waals surface area contributed by atoms with Crippen molar-refractivity contribution in [1.29, 1.82) is 0 Å². The van der Waals surface area contributed by atoms with Crippen molar-refractivity contribution in [3.05, 3.63) is 39.9 Å². The summed E-state index contributed by atoms with van der Waals surface area (Å²) in [6.45, 7) is 6.59. The Morgan fingerprint density at radius 1 is 1.43 bits per heavy atom. The second kappa shape index (κ2) is 6.22. The molecule has 3 unspecified atom stereocenters. The van der Waals surface area contributed by atoms with E-state index in [-0.39, 0.29) is 29.7 Å². The molecule has 1 aliphatic rings. The van der Waals surface area contributed by atoms with Gasteiger partial charge in [0.1, 0.15) is 6.17 Å². The Morgan fingerprint density at radius 2 is 2.14 bits per heavy atom. The van der Waals surface area contributed by atoms with Gasteiger partial charge in [-0.25, -0.2) is 0 Å². The highest BCUT2D eigenvalue weighted by Crippen LogP contribution is 2.30. The molecule has 1 aromatic carbocycles. The molecule has 0 aromatic heterocycles. The molecule has 0 bridgehead atoms. The number of hydrogen-bond donors (Lipinski definition) is 1. The van der Waals surface area contributed by atoms with Crippen molar-refractivity contribution >= 4 is 11.6 Å². The molecule has 1 heterocycles. The van der Waals surface area contributed by atoms with Crippen LogP contribution in [0.4, 0.5) is 5.69 Å². The number of carbonyl (C=O) groups is 1. The Morgan fingerprint density at radius 3 is 2.71 bits per heavy atom. The van der Waals surface area contributed by atoms with Gasteiger partial charge in [-0.3, -0.25) is 20.2 Å². The minimum absolute atomic E-state index is 0.0461. The molecule has 1 aliphatic heterocycles. The number of nitro groups is 1. The Balaban J connectivity index is 2.32. The van der Waals surface area contributed by atoms with Crippen LogP contribution >= 0.6 is 0 Å². The Kier molecular flexibility index (Phi) is 4.57. The number of nitrogens with one attached hydrogen (secondary N) is 1. The molecule has 1 fully saturated rings. The lowest BCUT2D eigenvalue weighted by Crippen LogP contribution is -2.35. The van der Waals surface area contributed by atoms with Crippen molar-refractivity contribution < 1.29 is 9.72 Å². The zero-order valence-corrected chi connectivity index (χ0v) is 12.6. The molecule has 2 rings (SSSR count). The largest absolute Gasteiger partial charge is 0.322 e. The van der Waals surface area contributed by atoms with Gasteiger partial charge in [-0.2, -0.15) is 0 Å². The Bertz CT molecular complexity index is 547. The molecule has 3 atom stereocenters. The standard InChI is InChI=1S/C15H21N3O3/c1-4-10(3)13-15(19)17(5-2)14(16-13)11-7-6-8-12(9-11)18(20)21/h6-10,13-14,16H,4-5H2,1-3H3. The molecule has 1 N–H and O–H groups in total. The van der Waals surface area contributed by atoms with Gasteiger partial charge in [0.2, 0.25) is 5.91 Å². The molecule has 1 aromatic rings. The van der Waals surface area contributed by atoms with Crippen molar-refractivity contribution in [1.82, 2.24) is 10.2 Å². The summed E-state index contributed by atoms with van der Waals surface area (Å²) in [4.78, 5) is 24.7. The van der Waals surface area contributed by atoms with Crippen LogP contribution in [0.25, 0.3) is 0 Å². The van der Waals surface area contributed by atoms with Crippen molar-refractivity contribution in [2.24, 2.45) is 5.92 Å². The minimum Gasteiger partial charge on any atom is -0.322 e. The van der Waals surface area contributed by atoms with Crippen LogP contribution in [-0.2, 0) is 4.79 Å².